The first kappa shape index (κ1) is 13.5. The number of hydrogen-bond donors (Lipinski definition) is 1. The van der Waals surface area contributed by atoms with Gasteiger partial charge in [0.25, 0.3) is 0 Å². The highest BCUT2D eigenvalue weighted by Crippen LogP contribution is 2.20. The van der Waals surface area contributed by atoms with Crippen molar-refractivity contribution in [1.29, 1.82) is 0 Å². The molecule has 0 bridgehead atoms. The van der Waals surface area contributed by atoms with Crippen molar-refractivity contribution in [2.45, 2.75) is 26.3 Å². The van der Waals surface area contributed by atoms with Gasteiger partial charge in [-0.05, 0) is 37.6 Å². The van der Waals surface area contributed by atoms with Crippen LogP contribution in [0.1, 0.15) is 36.5 Å². The van der Waals surface area contributed by atoms with Crippen molar-refractivity contribution >= 4 is 0 Å². The number of rotatable bonds is 5. The maximum atomic E-state index is 13.3. The first-order chi connectivity index (χ1) is 9.20. The molecular formula is C14H17FN4. The molecular weight excluding hydrogens is 243 g/mol. The van der Waals surface area contributed by atoms with Gasteiger partial charge in [0.05, 0.1) is 17.9 Å². The van der Waals surface area contributed by atoms with E-state index in [9.17, 15) is 4.39 Å². The van der Waals surface area contributed by atoms with Crippen LogP contribution in [0.25, 0.3) is 0 Å². The van der Waals surface area contributed by atoms with Crippen LogP contribution in [0.15, 0.2) is 30.7 Å². The van der Waals surface area contributed by atoms with Crippen LogP contribution in [0.4, 0.5) is 4.39 Å². The van der Waals surface area contributed by atoms with Crippen molar-refractivity contribution in [3.63, 3.8) is 0 Å². The second kappa shape index (κ2) is 6.33. The van der Waals surface area contributed by atoms with E-state index in [-0.39, 0.29) is 11.9 Å². The molecule has 0 aliphatic heterocycles. The molecule has 0 radical (unpaired) electrons. The molecule has 100 valence electrons. The van der Waals surface area contributed by atoms with Crippen molar-refractivity contribution in [1.82, 2.24) is 20.3 Å². The lowest BCUT2D eigenvalue weighted by molar-refractivity contribution is 0.569. The van der Waals surface area contributed by atoms with Gasteiger partial charge in [-0.15, -0.1) is 0 Å². The van der Waals surface area contributed by atoms with E-state index in [0.717, 1.165) is 24.2 Å². The van der Waals surface area contributed by atoms with Gasteiger partial charge in [-0.25, -0.2) is 14.4 Å². The Hall–Kier alpha value is -1.88. The normalized spacial score (nSPS) is 12.4. The molecule has 0 aliphatic rings. The van der Waals surface area contributed by atoms with E-state index in [4.69, 9.17) is 0 Å². The summed E-state index contributed by atoms with van der Waals surface area (Å²) in [5, 5.41) is 3.36. The molecule has 2 aromatic heterocycles. The minimum absolute atomic E-state index is 0.162. The molecule has 2 aromatic rings. The molecule has 0 aliphatic carbocycles. The summed E-state index contributed by atoms with van der Waals surface area (Å²) in [4.78, 5) is 12.4. The summed E-state index contributed by atoms with van der Waals surface area (Å²) in [7, 11) is 0. The van der Waals surface area contributed by atoms with Gasteiger partial charge in [-0.2, -0.15) is 0 Å². The number of aromatic nitrogens is 3. The second-order valence-electron chi connectivity index (χ2n) is 4.35. The summed E-state index contributed by atoms with van der Waals surface area (Å²) >= 11 is 0. The third kappa shape index (κ3) is 3.54. The van der Waals surface area contributed by atoms with Gasteiger partial charge in [0, 0.05) is 12.4 Å². The maximum Gasteiger partial charge on any atom is 0.141 e. The van der Waals surface area contributed by atoms with Crippen LogP contribution in [0.2, 0.25) is 0 Å². The number of hydrogen-bond acceptors (Lipinski definition) is 4. The Morgan fingerprint density at radius 3 is 2.89 bits per heavy atom. The fourth-order valence-corrected chi connectivity index (χ4v) is 1.90. The topological polar surface area (TPSA) is 50.7 Å². The Balaban J connectivity index is 2.35. The fraction of sp³-hybridized carbons (Fsp3) is 0.357. The fourth-order valence-electron chi connectivity index (χ4n) is 1.90. The molecule has 4 nitrogen and oxygen atoms in total. The lowest BCUT2D eigenvalue weighted by atomic mass is 10.1. The Morgan fingerprint density at radius 2 is 2.21 bits per heavy atom. The van der Waals surface area contributed by atoms with Crippen LogP contribution >= 0.6 is 0 Å². The van der Waals surface area contributed by atoms with Crippen molar-refractivity contribution in [3.05, 3.63) is 53.6 Å². The molecule has 2 heterocycles. The largest absolute Gasteiger partial charge is 0.305 e. The molecule has 1 unspecified atom stereocenters. The van der Waals surface area contributed by atoms with E-state index in [1.54, 1.807) is 12.4 Å². The van der Waals surface area contributed by atoms with Gasteiger partial charge < -0.3 is 5.32 Å². The highest BCUT2D eigenvalue weighted by molar-refractivity contribution is 5.25. The van der Waals surface area contributed by atoms with E-state index >= 15 is 0 Å². The minimum Gasteiger partial charge on any atom is -0.305 e. The van der Waals surface area contributed by atoms with Crippen LogP contribution in [0.3, 0.4) is 0 Å². The summed E-state index contributed by atoms with van der Waals surface area (Å²) in [6.45, 7) is 4.74. The molecule has 2 rings (SSSR count). The van der Waals surface area contributed by atoms with Crippen LogP contribution < -0.4 is 5.32 Å². The molecule has 0 amide bonds. The number of nitrogens with one attached hydrogen (secondary N) is 1. The Bertz CT molecular complexity index is 499. The Morgan fingerprint density at radius 1 is 1.37 bits per heavy atom. The highest BCUT2D eigenvalue weighted by atomic mass is 19.1. The van der Waals surface area contributed by atoms with Crippen LogP contribution in [-0.2, 0) is 0 Å². The molecule has 0 saturated carbocycles. The standard InChI is InChI=1S/C14H17FN4/c1-3-5-18-14(11-7-12(15)9-16-8-11)13-4-6-17-10(2)19-13/h4,6-9,14,18H,3,5H2,1-2H3. The zero-order valence-corrected chi connectivity index (χ0v) is 11.1. The van der Waals surface area contributed by atoms with E-state index < -0.39 is 0 Å². The van der Waals surface area contributed by atoms with Crippen molar-refractivity contribution in [2.75, 3.05) is 6.54 Å². The molecule has 0 spiro atoms. The number of halogens is 1. The number of aryl methyl sites for hydroxylation is 1. The smallest absolute Gasteiger partial charge is 0.141 e. The van der Waals surface area contributed by atoms with Crippen molar-refractivity contribution in [3.8, 4) is 0 Å². The highest BCUT2D eigenvalue weighted by Gasteiger charge is 2.16. The molecule has 0 aromatic carbocycles. The molecule has 5 heteroatoms. The van der Waals surface area contributed by atoms with Crippen LogP contribution in [0.5, 0.6) is 0 Å². The minimum atomic E-state index is -0.341. The van der Waals surface area contributed by atoms with Gasteiger partial charge in [-0.3, -0.25) is 4.98 Å². The molecule has 0 fully saturated rings. The van der Waals surface area contributed by atoms with Gasteiger partial charge in [0.1, 0.15) is 11.6 Å². The lowest BCUT2D eigenvalue weighted by Gasteiger charge is -2.18. The summed E-state index contributed by atoms with van der Waals surface area (Å²) in [6.07, 6.45) is 5.56. The predicted molar refractivity (Wildman–Crippen MR) is 71.1 cm³/mol. The summed E-state index contributed by atoms with van der Waals surface area (Å²) < 4.78 is 13.3. The third-order valence-corrected chi connectivity index (χ3v) is 2.75. The first-order valence-corrected chi connectivity index (χ1v) is 6.34. The van der Waals surface area contributed by atoms with Crippen molar-refractivity contribution < 1.29 is 4.39 Å². The lowest BCUT2D eigenvalue weighted by Crippen LogP contribution is -2.24. The summed E-state index contributed by atoms with van der Waals surface area (Å²) in [5.41, 5.74) is 1.60. The average molecular weight is 260 g/mol. The molecule has 0 saturated heterocycles. The Kier molecular flexibility index (Phi) is 4.52. The maximum absolute atomic E-state index is 13.3. The Labute approximate surface area is 112 Å². The molecule has 19 heavy (non-hydrogen) atoms. The number of nitrogens with zero attached hydrogens (tertiary/aromatic N) is 3. The summed E-state index contributed by atoms with van der Waals surface area (Å²) in [5.74, 6) is 0.358. The van der Waals surface area contributed by atoms with E-state index in [1.807, 2.05) is 13.0 Å². The zero-order chi connectivity index (χ0) is 13.7. The quantitative estimate of drug-likeness (QED) is 0.897. The van der Waals surface area contributed by atoms with Crippen molar-refractivity contribution in [2.24, 2.45) is 0 Å². The van der Waals surface area contributed by atoms with E-state index in [0.29, 0.717) is 5.82 Å². The third-order valence-electron chi connectivity index (χ3n) is 2.75. The van der Waals surface area contributed by atoms with E-state index in [2.05, 4.69) is 27.2 Å². The zero-order valence-electron chi connectivity index (χ0n) is 11.1. The number of pyridine rings is 1. The van der Waals surface area contributed by atoms with Crippen LogP contribution in [-0.4, -0.2) is 21.5 Å². The second-order valence-corrected chi connectivity index (χ2v) is 4.35. The van der Waals surface area contributed by atoms with Gasteiger partial charge in [-0.1, -0.05) is 6.92 Å². The molecule has 1 atom stereocenters. The SMILES string of the molecule is CCCNC(c1cncc(F)c1)c1ccnc(C)n1. The van der Waals surface area contributed by atoms with Gasteiger partial charge >= 0.3 is 0 Å². The average Bonchev–Trinajstić information content (AvgIpc) is 2.39. The van der Waals surface area contributed by atoms with Crippen LogP contribution in [0, 0.1) is 12.7 Å². The summed E-state index contributed by atoms with van der Waals surface area (Å²) in [6, 6.07) is 3.16. The predicted octanol–water partition coefficient (Wildman–Crippen LogP) is 2.41. The molecule has 1 N–H and O–H groups in total. The van der Waals surface area contributed by atoms with Gasteiger partial charge in [0.2, 0.25) is 0 Å². The first-order valence-electron chi connectivity index (χ1n) is 6.34. The van der Waals surface area contributed by atoms with E-state index in [1.165, 1.54) is 12.3 Å². The van der Waals surface area contributed by atoms with Gasteiger partial charge in [0.15, 0.2) is 0 Å². The monoisotopic (exact) mass is 260 g/mol.